The molecule has 1 N–H and O–H groups in total. The lowest BCUT2D eigenvalue weighted by molar-refractivity contribution is 0.574. The smallest absolute Gasteiger partial charge is 0.163 e. The first kappa shape index (κ1) is 25.4. The zero-order chi connectivity index (χ0) is 29.7. The van der Waals surface area contributed by atoms with E-state index in [1.54, 1.807) is 0 Å². The lowest BCUT2D eigenvalue weighted by Gasteiger charge is -2.21. The number of para-hydroxylation sites is 1. The van der Waals surface area contributed by atoms with Gasteiger partial charge in [-0.3, -0.25) is 0 Å². The molecule has 1 aliphatic heterocycles. The third-order valence-electron chi connectivity index (χ3n) is 8.57. The molecule has 1 unspecified atom stereocenters. The van der Waals surface area contributed by atoms with E-state index in [0.717, 1.165) is 55.3 Å². The van der Waals surface area contributed by atoms with Crippen LogP contribution in [0.4, 0.5) is 0 Å². The second-order valence-corrected chi connectivity index (χ2v) is 11.3. The summed E-state index contributed by atoms with van der Waals surface area (Å²) in [5.74, 6) is 2.69. The number of hydrogen-bond donors (Lipinski definition) is 1. The van der Waals surface area contributed by atoms with Gasteiger partial charge in [0.2, 0.25) is 0 Å². The van der Waals surface area contributed by atoms with E-state index >= 15 is 0 Å². The van der Waals surface area contributed by atoms with Gasteiger partial charge < -0.3 is 9.73 Å². The maximum Gasteiger partial charge on any atom is 0.163 e. The normalized spacial score (nSPS) is 14.1. The van der Waals surface area contributed by atoms with Gasteiger partial charge in [0, 0.05) is 28.3 Å². The molecule has 0 spiro atoms. The van der Waals surface area contributed by atoms with Crippen LogP contribution in [-0.2, 0) is 0 Å². The highest BCUT2D eigenvalue weighted by atomic mass is 16.3. The minimum Gasteiger partial charge on any atom is -0.456 e. The van der Waals surface area contributed by atoms with Crippen LogP contribution in [-0.4, -0.2) is 15.0 Å². The van der Waals surface area contributed by atoms with Crippen molar-refractivity contribution in [3.63, 3.8) is 0 Å². The lowest BCUT2D eigenvalue weighted by atomic mass is 9.95. The summed E-state index contributed by atoms with van der Waals surface area (Å²) in [4.78, 5) is 15.4. The fraction of sp³-hybridized carbons (Fsp3) is 0.0250. The first-order valence-corrected chi connectivity index (χ1v) is 15.1. The largest absolute Gasteiger partial charge is 0.456 e. The Hall–Kier alpha value is -6.07. The molecule has 0 aliphatic carbocycles. The van der Waals surface area contributed by atoms with Crippen LogP contribution in [0, 0.1) is 0 Å². The van der Waals surface area contributed by atoms with Crippen LogP contribution < -0.4 is 5.32 Å². The lowest BCUT2D eigenvalue weighted by Crippen LogP contribution is -2.23. The van der Waals surface area contributed by atoms with E-state index in [-0.39, 0.29) is 6.04 Å². The van der Waals surface area contributed by atoms with Crippen molar-refractivity contribution in [3.05, 3.63) is 157 Å². The molecule has 0 amide bonds. The molecular formula is C40H26N4O. The quantitative estimate of drug-likeness (QED) is 0.225. The van der Waals surface area contributed by atoms with Gasteiger partial charge in [0.15, 0.2) is 17.5 Å². The van der Waals surface area contributed by atoms with E-state index in [1.807, 2.05) is 36.5 Å². The summed E-state index contributed by atoms with van der Waals surface area (Å²) < 4.78 is 6.24. The Labute approximate surface area is 259 Å². The summed E-state index contributed by atoms with van der Waals surface area (Å²) in [6.45, 7) is 0. The van der Waals surface area contributed by atoms with Crippen molar-refractivity contribution in [2.24, 2.45) is 0 Å². The SMILES string of the molecule is C1=Cc2oc3ccccc3c2C(c2nc(-c3ccc4ccccc4c3)nc(-c3cc(-c4ccccc4)c4ccccc4c3)n2)N1. The number of nitrogens with one attached hydrogen (secondary N) is 1. The molecule has 1 aliphatic rings. The summed E-state index contributed by atoms with van der Waals surface area (Å²) >= 11 is 0. The van der Waals surface area contributed by atoms with Gasteiger partial charge in [-0.05, 0) is 63.0 Å². The molecule has 212 valence electrons. The number of fused-ring (bicyclic) bond motifs is 5. The van der Waals surface area contributed by atoms with Crippen molar-refractivity contribution >= 4 is 38.6 Å². The molecule has 5 nitrogen and oxygen atoms in total. The van der Waals surface area contributed by atoms with Gasteiger partial charge in [0.25, 0.3) is 0 Å². The Morgan fingerprint density at radius 1 is 0.533 bits per heavy atom. The number of benzene rings is 6. The van der Waals surface area contributed by atoms with Crippen molar-refractivity contribution in [1.29, 1.82) is 0 Å². The highest BCUT2D eigenvalue weighted by molar-refractivity contribution is 5.99. The molecule has 0 saturated carbocycles. The van der Waals surface area contributed by atoms with E-state index in [2.05, 4.69) is 115 Å². The van der Waals surface area contributed by atoms with Gasteiger partial charge in [0.1, 0.15) is 17.4 Å². The first-order valence-electron chi connectivity index (χ1n) is 15.1. The number of nitrogens with zero attached hydrogens (tertiary/aromatic N) is 3. The maximum absolute atomic E-state index is 6.24. The van der Waals surface area contributed by atoms with Crippen molar-refractivity contribution in [1.82, 2.24) is 20.3 Å². The van der Waals surface area contributed by atoms with E-state index in [4.69, 9.17) is 19.4 Å². The molecule has 0 radical (unpaired) electrons. The molecule has 8 aromatic rings. The van der Waals surface area contributed by atoms with Crippen LogP contribution >= 0.6 is 0 Å². The molecule has 9 rings (SSSR count). The summed E-state index contributed by atoms with van der Waals surface area (Å²) in [6, 6.07) is 45.9. The second-order valence-electron chi connectivity index (χ2n) is 11.3. The van der Waals surface area contributed by atoms with Crippen LogP contribution in [0.2, 0.25) is 0 Å². The molecule has 1 atom stereocenters. The summed E-state index contributed by atoms with van der Waals surface area (Å²) in [5, 5.41) is 9.20. The maximum atomic E-state index is 6.24. The van der Waals surface area contributed by atoms with Crippen molar-refractivity contribution in [2.45, 2.75) is 6.04 Å². The van der Waals surface area contributed by atoms with Crippen LogP contribution in [0.3, 0.4) is 0 Å². The van der Waals surface area contributed by atoms with Crippen LogP contribution in [0.5, 0.6) is 0 Å². The molecule has 2 aromatic heterocycles. The average Bonchev–Trinajstić information content (AvgIpc) is 3.50. The monoisotopic (exact) mass is 578 g/mol. The fourth-order valence-corrected chi connectivity index (χ4v) is 6.42. The standard InChI is InChI=1S/C40H26N4O/c1-2-11-26(12-3-1)33-24-30(23-28-14-6-7-15-31(28)33)39-42-38(29-19-18-25-10-4-5-13-27(25)22-29)43-40(44-39)37-36-32-16-8-9-17-34(32)45-35(36)20-21-41-37/h1-24,37,41H. The Morgan fingerprint density at radius 2 is 1.22 bits per heavy atom. The molecule has 45 heavy (non-hydrogen) atoms. The summed E-state index contributed by atoms with van der Waals surface area (Å²) in [6.07, 6.45) is 3.88. The number of hydrogen-bond acceptors (Lipinski definition) is 5. The molecule has 5 heteroatoms. The minimum atomic E-state index is -0.316. The van der Waals surface area contributed by atoms with Crippen LogP contribution in [0.25, 0.3) is 72.5 Å². The van der Waals surface area contributed by atoms with Gasteiger partial charge in [-0.1, -0.05) is 109 Å². The van der Waals surface area contributed by atoms with E-state index in [9.17, 15) is 0 Å². The zero-order valence-corrected chi connectivity index (χ0v) is 24.2. The Balaban J connectivity index is 1.29. The van der Waals surface area contributed by atoms with E-state index < -0.39 is 0 Å². The van der Waals surface area contributed by atoms with Gasteiger partial charge in [0.05, 0.1) is 0 Å². The fourth-order valence-electron chi connectivity index (χ4n) is 6.42. The Bertz CT molecular complexity index is 2430. The highest BCUT2D eigenvalue weighted by Crippen LogP contribution is 2.38. The van der Waals surface area contributed by atoms with E-state index in [0.29, 0.717) is 17.5 Å². The second kappa shape index (κ2) is 10.3. The minimum absolute atomic E-state index is 0.316. The van der Waals surface area contributed by atoms with Gasteiger partial charge in [-0.15, -0.1) is 0 Å². The topological polar surface area (TPSA) is 63.8 Å². The van der Waals surface area contributed by atoms with Crippen LogP contribution in [0.1, 0.15) is 23.2 Å². The first-order chi connectivity index (χ1) is 22.3. The van der Waals surface area contributed by atoms with Crippen molar-refractivity contribution < 1.29 is 4.42 Å². The highest BCUT2D eigenvalue weighted by Gasteiger charge is 2.28. The van der Waals surface area contributed by atoms with Gasteiger partial charge in [-0.25, -0.2) is 15.0 Å². The summed E-state index contributed by atoms with van der Waals surface area (Å²) in [7, 11) is 0. The molecule has 0 fully saturated rings. The third-order valence-corrected chi connectivity index (χ3v) is 8.57. The molecular weight excluding hydrogens is 552 g/mol. The van der Waals surface area contributed by atoms with Crippen LogP contribution in [0.15, 0.2) is 144 Å². The average molecular weight is 579 g/mol. The van der Waals surface area contributed by atoms with Crippen molar-refractivity contribution in [2.75, 3.05) is 0 Å². The molecule has 0 bridgehead atoms. The number of rotatable bonds is 4. The molecule has 3 heterocycles. The predicted molar refractivity (Wildman–Crippen MR) is 181 cm³/mol. The molecule has 0 saturated heterocycles. The Kier molecular flexibility index (Phi) is 5.81. The number of furan rings is 1. The van der Waals surface area contributed by atoms with Gasteiger partial charge in [-0.2, -0.15) is 0 Å². The number of aromatic nitrogens is 3. The zero-order valence-electron chi connectivity index (χ0n) is 24.2. The van der Waals surface area contributed by atoms with E-state index in [1.165, 1.54) is 10.8 Å². The summed E-state index contributed by atoms with van der Waals surface area (Å²) in [5.41, 5.74) is 6.02. The van der Waals surface area contributed by atoms with Crippen molar-refractivity contribution in [3.8, 4) is 33.9 Å². The van der Waals surface area contributed by atoms with Gasteiger partial charge >= 0.3 is 0 Å². The Morgan fingerprint density at radius 3 is 2.09 bits per heavy atom. The third kappa shape index (κ3) is 4.36. The predicted octanol–water partition coefficient (Wildman–Crippen LogP) is 9.59. The molecule has 6 aromatic carbocycles.